The predicted octanol–water partition coefficient (Wildman–Crippen LogP) is 5.04. The summed E-state index contributed by atoms with van der Waals surface area (Å²) in [5.41, 5.74) is 2.31. The maximum atomic E-state index is 12.9. The molecule has 1 heterocycles. The summed E-state index contributed by atoms with van der Waals surface area (Å²) in [5.74, 6) is 0.116. The Labute approximate surface area is 180 Å². The van der Waals surface area contributed by atoms with Gasteiger partial charge in [0, 0.05) is 12.0 Å². The average molecular weight is 451 g/mol. The molecule has 2 N–H and O–H groups in total. The third-order valence-electron chi connectivity index (χ3n) is 5.08. The van der Waals surface area contributed by atoms with Crippen LogP contribution in [-0.2, 0) is 15.8 Å². The number of hydrogen-bond donors (Lipinski definition) is 1. The number of nitriles is 1. The molecule has 2 aromatic rings. The number of sulfonamides is 1. The number of fused-ring (bicyclic) bond motifs is 3. The number of halogens is 2. The van der Waals surface area contributed by atoms with Gasteiger partial charge in [0.2, 0.25) is 10.0 Å². The van der Waals surface area contributed by atoms with E-state index in [1.807, 2.05) is 0 Å². The highest BCUT2D eigenvalue weighted by molar-refractivity contribution is 7.88. The van der Waals surface area contributed by atoms with E-state index in [-0.39, 0.29) is 17.6 Å². The Morgan fingerprint density at radius 3 is 2.65 bits per heavy atom. The van der Waals surface area contributed by atoms with Crippen molar-refractivity contribution < 1.29 is 26.7 Å². The summed E-state index contributed by atoms with van der Waals surface area (Å²) in [7, 11) is -3.73. The minimum absolute atomic E-state index is 0.00269. The molecule has 0 aromatic heterocycles. The highest BCUT2D eigenvalue weighted by Gasteiger charge is 2.29. The second-order valence-electron chi connectivity index (χ2n) is 7.45. The lowest BCUT2D eigenvalue weighted by Gasteiger charge is -2.30. The van der Waals surface area contributed by atoms with Gasteiger partial charge in [-0.15, -0.1) is 0 Å². The van der Waals surface area contributed by atoms with E-state index in [2.05, 4.69) is 6.07 Å². The normalized spacial score (nSPS) is 15.0. The van der Waals surface area contributed by atoms with Gasteiger partial charge in [0.1, 0.15) is 17.6 Å². The van der Waals surface area contributed by atoms with Crippen LogP contribution < -0.4 is 14.6 Å². The van der Waals surface area contributed by atoms with E-state index in [1.54, 1.807) is 30.3 Å². The average Bonchev–Trinajstić information content (AvgIpc) is 2.69. The monoisotopic (exact) mass is 450 g/mol. The zero-order valence-corrected chi connectivity index (χ0v) is 17.7. The maximum Gasteiger partial charge on any atom is 0.387 e. The van der Waals surface area contributed by atoms with E-state index < -0.39 is 16.6 Å². The van der Waals surface area contributed by atoms with Gasteiger partial charge in [0.25, 0.3) is 0 Å². The van der Waals surface area contributed by atoms with Crippen molar-refractivity contribution in [1.29, 1.82) is 5.26 Å². The molecule has 1 aliphatic rings. The SMILES string of the molecule is N#CCCCCCCC1Oc2cccc(OC(F)F)c2-c2ccc(CS(N)(=O)=O)cc21. The van der Waals surface area contributed by atoms with Crippen LogP contribution in [0.5, 0.6) is 11.5 Å². The molecule has 31 heavy (non-hydrogen) atoms. The van der Waals surface area contributed by atoms with Crippen LogP contribution in [0.1, 0.15) is 55.8 Å². The van der Waals surface area contributed by atoms with Gasteiger partial charge < -0.3 is 9.47 Å². The van der Waals surface area contributed by atoms with Crippen molar-refractivity contribution in [3.8, 4) is 28.7 Å². The molecule has 0 saturated heterocycles. The van der Waals surface area contributed by atoms with Gasteiger partial charge in [-0.3, -0.25) is 0 Å². The van der Waals surface area contributed by atoms with Gasteiger partial charge in [0.05, 0.1) is 17.4 Å². The highest BCUT2D eigenvalue weighted by atomic mass is 32.2. The summed E-state index contributed by atoms with van der Waals surface area (Å²) in [4.78, 5) is 0. The first-order valence-corrected chi connectivity index (χ1v) is 11.7. The smallest absolute Gasteiger partial charge is 0.387 e. The lowest BCUT2D eigenvalue weighted by molar-refractivity contribution is -0.0496. The summed E-state index contributed by atoms with van der Waals surface area (Å²) in [5, 5.41) is 13.8. The zero-order valence-electron chi connectivity index (χ0n) is 16.9. The fourth-order valence-corrected chi connectivity index (χ4v) is 4.46. The summed E-state index contributed by atoms with van der Waals surface area (Å²) in [6.45, 7) is -2.98. The summed E-state index contributed by atoms with van der Waals surface area (Å²) >= 11 is 0. The van der Waals surface area contributed by atoms with Crippen molar-refractivity contribution in [3.63, 3.8) is 0 Å². The molecule has 166 valence electrons. The molecule has 9 heteroatoms. The predicted molar refractivity (Wildman–Crippen MR) is 112 cm³/mol. The number of benzene rings is 2. The molecular weight excluding hydrogens is 426 g/mol. The van der Waals surface area contributed by atoms with Crippen LogP contribution in [0, 0.1) is 11.3 Å². The van der Waals surface area contributed by atoms with E-state index in [1.165, 1.54) is 6.07 Å². The molecule has 0 saturated carbocycles. The van der Waals surface area contributed by atoms with Crippen LogP contribution in [0.4, 0.5) is 8.78 Å². The molecule has 2 aromatic carbocycles. The molecule has 0 aliphatic carbocycles. The first-order valence-electron chi connectivity index (χ1n) is 10.0. The number of rotatable bonds is 10. The van der Waals surface area contributed by atoms with E-state index in [4.69, 9.17) is 19.9 Å². The van der Waals surface area contributed by atoms with Crippen LogP contribution in [0.25, 0.3) is 11.1 Å². The minimum Gasteiger partial charge on any atom is -0.485 e. The molecule has 1 aliphatic heterocycles. The summed E-state index contributed by atoms with van der Waals surface area (Å²) < 4.78 is 59.8. The van der Waals surface area contributed by atoms with E-state index in [0.29, 0.717) is 35.3 Å². The molecule has 0 bridgehead atoms. The number of alkyl halides is 2. The zero-order chi connectivity index (χ0) is 22.4. The molecule has 6 nitrogen and oxygen atoms in total. The lowest BCUT2D eigenvalue weighted by Crippen LogP contribution is -2.18. The van der Waals surface area contributed by atoms with Crippen LogP contribution in [0.15, 0.2) is 36.4 Å². The summed E-state index contributed by atoms with van der Waals surface area (Å²) in [6, 6.07) is 11.9. The van der Waals surface area contributed by atoms with Gasteiger partial charge in [-0.25, -0.2) is 13.6 Å². The van der Waals surface area contributed by atoms with Crippen molar-refractivity contribution in [2.75, 3.05) is 0 Å². The second kappa shape index (κ2) is 10.1. The Bertz CT molecular complexity index is 1070. The van der Waals surface area contributed by atoms with Crippen LogP contribution in [0.2, 0.25) is 0 Å². The van der Waals surface area contributed by atoms with Gasteiger partial charge in [-0.1, -0.05) is 37.1 Å². The minimum atomic E-state index is -3.73. The van der Waals surface area contributed by atoms with Crippen molar-refractivity contribution in [2.24, 2.45) is 5.14 Å². The Morgan fingerprint density at radius 1 is 1.16 bits per heavy atom. The first kappa shape index (κ1) is 23.0. The topological polar surface area (TPSA) is 102 Å². The Balaban J connectivity index is 1.92. The van der Waals surface area contributed by atoms with Gasteiger partial charge in [-0.05, 0) is 42.5 Å². The molecule has 0 fully saturated rings. The lowest BCUT2D eigenvalue weighted by atomic mass is 9.89. The first-order chi connectivity index (χ1) is 14.8. The van der Waals surface area contributed by atoms with Crippen LogP contribution in [0.3, 0.4) is 0 Å². The van der Waals surface area contributed by atoms with Crippen LogP contribution >= 0.6 is 0 Å². The van der Waals surface area contributed by atoms with Gasteiger partial charge >= 0.3 is 6.61 Å². The van der Waals surface area contributed by atoms with Crippen molar-refractivity contribution in [1.82, 2.24) is 0 Å². The second-order valence-corrected chi connectivity index (χ2v) is 9.07. The Morgan fingerprint density at radius 2 is 1.94 bits per heavy atom. The molecule has 1 unspecified atom stereocenters. The summed E-state index contributed by atoms with van der Waals surface area (Å²) in [6.07, 6.45) is 4.38. The number of primary sulfonamides is 1. The maximum absolute atomic E-state index is 12.9. The molecule has 0 radical (unpaired) electrons. The van der Waals surface area contributed by atoms with Crippen LogP contribution in [-0.4, -0.2) is 15.0 Å². The Hall–Kier alpha value is -2.70. The van der Waals surface area contributed by atoms with E-state index >= 15 is 0 Å². The van der Waals surface area contributed by atoms with Crippen molar-refractivity contribution >= 4 is 10.0 Å². The number of unbranched alkanes of at least 4 members (excludes halogenated alkanes) is 4. The molecule has 1 atom stereocenters. The highest BCUT2D eigenvalue weighted by Crippen LogP contribution is 2.49. The number of hydrogen-bond acceptors (Lipinski definition) is 5. The van der Waals surface area contributed by atoms with Gasteiger partial charge in [0.15, 0.2) is 0 Å². The Kier molecular flexibility index (Phi) is 7.46. The van der Waals surface area contributed by atoms with E-state index in [9.17, 15) is 17.2 Å². The fraction of sp³-hybridized carbons (Fsp3) is 0.409. The molecule has 0 amide bonds. The number of nitrogens with zero attached hydrogens (tertiary/aromatic N) is 1. The largest absolute Gasteiger partial charge is 0.485 e. The van der Waals surface area contributed by atoms with Crippen molar-refractivity contribution in [2.45, 2.75) is 57.0 Å². The number of ether oxygens (including phenoxy) is 2. The molecular formula is C22H24F2N2O4S. The number of nitrogens with two attached hydrogens (primary N) is 1. The third kappa shape index (κ3) is 6.15. The van der Waals surface area contributed by atoms with E-state index in [0.717, 1.165) is 31.2 Å². The third-order valence-corrected chi connectivity index (χ3v) is 5.81. The van der Waals surface area contributed by atoms with Gasteiger partial charge in [-0.2, -0.15) is 14.0 Å². The quantitative estimate of drug-likeness (QED) is 0.511. The fourth-order valence-electron chi connectivity index (χ4n) is 3.82. The molecule has 3 rings (SSSR count). The standard InChI is InChI=1S/C22H24F2N2O4S/c23-22(24)30-20-9-6-8-19-21(20)16-11-10-15(14-31(26,27)28)13-17(16)18(29-19)7-4-2-1-3-5-12-25/h6,8-11,13,18,22H,1-5,7,14H2,(H2,26,27,28). The molecule has 0 spiro atoms. The van der Waals surface area contributed by atoms with Crippen molar-refractivity contribution in [3.05, 3.63) is 47.5 Å².